The molecule has 1 unspecified atom stereocenters. The molecule has 2 N–H and O–H groups in total. The third-order valence-electron chi connectivity index (χ3n) is 2.46. The zero-order valence-electron chi connectivity index (χ0n) is 10.2. The lowest BCUT2D eigenvalue weighted by Gasteiger charge is -2.25. The van der Waals surface area contributed by atoms with Crippen molar-refractivity contribution in [2.24, 2.45) is 11.1 Å². The number of rotatable bonds is 7. The summed E-state index contributed by atoms with van der Waals surface area (Å²) in [6.45, 7) is 3.90. The van der Waals surface area contributed by atoms with Gasteiger partial charge in [0.2, 0.25) is 0 Å². The molecule has 0 aromatic carbocycles. The first kappa shape index (κ1) is 15.4. The second-order valence-corrected chi connectivity index (χ2v) is 6.48. The maximum Gasteiger partial charge on any atom is 0.313 e. The highest BCUT2D eigenvalue weighted by atomic mass is 32.2. The minimum atomic E-state index is -2.99. The Balaban J connectivity index is 4.32. The monoisotopic (exact) mass is 251 g/mol. The van der Waals surface area contributed by atoms with Crippen LogP contribution in [0.4, 0.5) is 0 Å². The summed E-state index contributed by atoms with van der Waals surface area (Å²) in [5.41, 5.74) is 4.76. The summed E-state index contributed by atoms with van der Waals surface area (Å²) in [4.78, 5) is 11.6. The van der Waals surface area contributed by atoms with E-state index in [0.717, 1.165) is 0 Å². The minimum absolute atomic E-state index is 0.0714. The molecule has 0 radical (unpaired) electrons. The average Bonchev–Trinajstić information content (AvgIpc) is 2.15. The van der Waals surface area contributed by atoms with Gasteiger partial charge in [-0.2, -0.15) is 0 Å². The van der Waals surface area contributed by atoms with E-state index in [1.54, 1.807) is 13.8 Å². The third kappa shape index (κ3) is 5.46. The Morgan fingerprint density at radius 2 is 2.00 bits per heavy atom. The third-order valence-corrected chi connectivity index (χ3v) is 3.49. The summed E-state index contributed by atoms with van der Waals surface area (Å²) in [6, 6.07) is 0. The number of esters is 1. The minimum Gasteiger partial charge on any atom is -0.466 e. The molecule has 96 valence electrons. The van der Waals surface area contributed by atoms with Crippen LogP contribution in [0.1, 0.15) is 26.7 Å². The van der Waals surface area contributed by atoms with Gasteiger partial charge < -0.3 is 10.5 Å². The van der Waals surface area contributed by atoms with E-state index < -0.39 is 15.3 Å². The van der Waals surface area contributed by atoms with Gasteiger partial charge >= 0.3 is 5.97 Å². The van der Waals surface area contributed by atoms with E-state index in [4.69, 9.17) is 10.5 Å². The van der Waals surface area contributed by atoms with Crippen LogP contribution >= 0.6 is 0 Å². The Kier molecular flexibility index (Phi) is 5.96. The molecule has 0 saturated carbocycles. The highest BCUT2D eigenvalue weighted by Crippen LogP contribution is 2.24. The van der Waals surface area contributed by atoms with Crippen LogP contribution in [0.3, 0.4) is 0 Å². The first-order valence-electron chi connectivity index (χ1n) is 5.30. The van der Waals surface area contributed by atoms with Gasteiger partial charge in [0.15, 0.2) is 0 Å². The fourth-order valence-electron chi connectivity index (χ4n) is 1.32. The fourth-order valence-corrected chi connectivity index (χ4v) is 1.99. The normalized spacial score (nSPS) is 15.5. The Morgan fingerprint density at radius 3 is 2.38 bits per heavy atom. The fraction of sp³-hybridized carbons (Fsp3) is 0.900. The molecule has 0 aliphatic heterocycles. The standard InChI is InChI=1S/C10H21NO4S/c1-4-15-9(12)10(2,8-11)6-5-7-16(3,13)14/h4-8,11H2,1-3H3. The van der Waals surface area contributed by atoms with Gasteiger partial charge in [0.05, 0.1) is 12.0 Å². The largest absolute Gasteiger partial charge is 0.466 e. The summed E-state index contributed by atoms with van der Waals surface area (Å²) < 4.78 is 26.8. The molecule has 0 bridgehead atoms. The van der Waals surface area contributed by atoms with E-state index in [9.17, 15) is 13.2 Å². The molecule has 0 aromatic heterocycles. The molecular weight excluding hydrogens is 230 g/mol. The molecule has 1 atom stereocenters. The molecule has 0 rings (SSSR count). The van der Waals surface area contributed by atoms with Crippen LogP contribution in [0, 0.1) is 5.41 Å². The number of carbonyl (C=O) groups excluding carboxylic acids is 1. The number of carbonyl (C=O) groups is 1. The number of sulfone groups is 1. The number of nitrogens with two attached hydrogens (primary N) is 1. The van der Waals surface area contributed by atoms with Crippen LogP contribution in [-0.4, -0.2) is 39.5 Å². The van der Waals surface area contributed by atoms with Crippen molar-refractivity contribution in [3.63, 3.8) is 0 Å². The molecule has 6 heteroatoms. The van der Waals surface area contributed by atoms with E-state index in [-0.39, 0.29) is 18.3 Å². The van der Waals surface area contributed by atoms with Crippen molar-refractivity contribution in [3.8, 4) is 0 Å². The maximum atomic E-state index is 11.6. The molecule has 16 heavy (non-hydrogen) atoms. The maximum absolute atomic E-state index is 11.6. The van der Waals surface area contributed by atoms with Gasteiger partial charge in [-0.05, 0) is 26.7 Å². The van der Waals surface area contributed by atoms with E-state index >= 15 is 0 Å². The van der Waals surface area contributed by atoms with Gasteiger partial charge in [-0.25, -0.2) is 8.42 Å². The molecule has 0 heterocycles. The van der Waals surface area contributed by atoms with Crippen LogP contribution in [0.5, 0.6) is 0 Å². The average molecular weight is 251 g/mol. The molecule has 0 saturated heterocycles. The molecule has 0 aliphatic carbocycles. The smallest absolute Gasteiger partial charge is 0.313 e. The predicted octanol–water partition coefficient (Wildman–Crippen LogP) is 0.339. The predicted molar refractivity (Wildman–Crippen MR) is 62.7 cm³/mol. The lowest BCUT2D eigenvalue weighted by molar-refractivity contribution is -0.154. The second kappa shape index (κ2) is 6.20. The van der Waals surface area contributed by atoms with Crippen molar-refractivity contribution in [2.75, 3.05) is 25.2 Å². The summed E-state index contributed by atoms with van der Waals surface area (Å²) in [6.07, 6.45) is 2.03. The number of hydrogen-bond acceptors (Lipinski definition) is 5. The van der Waals surface area contributed by atoms with Gasteiger partial charge in [-0.1, -0.05) is 0 Å². The van der Waals surface area contributed by atoms with Crippen LogP contribution in [-0.2, 0) is 19.4 Å². The first-order chi connectivity index (χ1) is 7.25. The van der Waals surface area contributed by atoms with E-state index in [1.165, 1.54) is 6.26 Å². The first-order valence-corrected chi connectivity index (χ1v) is 7.36. The van der Waals surface area contributed by atoms with E-state index in [1.807, 2.05) is 0 Å². The zero-order valence-corrected chi connectivity index (χ0v) is 11.0. The van der Waals surface area contributed by atoms with Crippen molar-refractivity contribution in [3.05, 3.63) is 0 Å². The summed E-state index contributed by atoms with van der Waals surface area (Å²) in [5, 5.41) is 0. The van der Waals surface area contributed by atoms with Crippen molar-refractivity contribution < 1.29 is 17.9 Å². The Morgan fingerprint density at radius 1 is 1.44 bits per heavy atom. The quantitative estimate of drug-likeness (QED) is 0.659. The Bertz CT molecular complexity index is 326. The number of hydrogen-bond donors (Lipinski definition) is 1. The molecule has 0 aliphatic rings. The van der Waals surface area contributed by atoms with Crippen LogP contribution in [0.25, 0.3) is 0 Å². The molecule has 0 spiro atoms. The topological polar surface area (TPSA) is 86.5 Å². The summed E-state index contributed by atoms with van der Waals surface area (Å²) in [5.74, 6) is -0.284. The van der Waals surface area contributed by atoms with E-state index in [2.05, 4.69) is 0 Å². The Hall–Kier alpha value is -0.620. The van der Waals surface area contributed by atoms with Gasteiger partial charge in [-0.15, -0.1) is 0 Å². The molecular formula is C10H21NO4S. The second-order valence-electron chi connectivity index (χ2n) is 4.22. The van der Waals surface area contributed by atoms with Crippen molar-refractivity contribution in [1.29, 1.82) is 0 Å². The SMILES string of the molecule is CCOC(=O)C(C)(CN)CCCS(C)(=O)=O. The highest BCUT2D eigenvalue weighted by Gasteiger charge is 2.32. The molecule has 0 aromatic rings. The van der Waals surface area contributed by atoms with Crippen molar-refractivity contribution >= 4 is 15.8 Å². The lowest BCUT2D eigenvalue weighted by Crippen LogP contribution is -2.37. The van der Waals surface area contributed by atoms with Gasteiger partial charge in [0.1, 0.15) is 9.84 Å². The Labute approximate surface area is 97.3 Å². The zero-order chi connectivity index (χ0) is 12.8. The number of ether oxygens (including phenoxy) is 1. The lowest BCUT2D eigenvalue weighted by atomic mass is 9.86. The van der Waals surface area contributed by atoms with Crippen molar-refractivity contribution in [2.45, 2.75) is 26.7 Å². The van der Waals surface area contributed by atoms with Gasteiger partial charge in [-0.3, -0.25) is 4.79 Å². The molecule has 0 amide bonds. The molecule has 5 nitrogen and oxygen atoms in total. The van der Waals surface area contributed by atoms with Crippen LogP contribution in [0.2, 0.25) is 0 Å². The highest BCUT2D eigenvalue weighted by molar-refractivity contribution is 7.90. The van der Waals surface area contributed by atoms with Crippen LogP contribution in [0.15, 0.2) is 0 Å². The van der Waals surface area contributed by atoms with E-state index in [0.29, 0.717) is 19.4 Å². The molecule has 0 fully saturated rings. The van der Waals surface area contributed by atoms with Gasteiger partial charge in [0.25, 0.3) is 0 Å². The summed E-state index contributed by atoms with van der Waals surface area (Å²) >= 11 is 0. The van der Waals surface area contributed by atoms with Crippen molar-refractivity contribution in [1.82, 2.24) is 0 Å². The van der Waals surface area contributed by atoms with Gasteiger partial charge in [0, 0.05) is 18.6 Å². The summed E-state index contributed by atoms with van der Waals surface area (Å²) in [7, 11) is -2.99. The van der Waals surface area contributed by atoms with Crippen LogP contribution < -0.4 is 5.73 Å².